The molecule has 0 heterocycles. The van der Waals surface area contributed by atoms with Crippen LogP contribution in [0.1, 0.15) is 26.2 Å². The second kappa shape index (κ2) is 5.03. The first kappa shape index (κ1) is 10.3. The van der Waals surface area contributed by atoms with Crippen molar-refractivity contribution in [1.29, 1.82) is 0 Å². The lowest BCUT2D eigenvalue weighted by Crippen LogP contribution is -2.15. The summed E-state index contributed by atoms with van der Waals surface area (Å²) >= 11 is 9.22. The molecule has 0 radical (unpaired) electrons. The first-order valence-corrected chi connectivity index (χ1v) is 5.62. The Kier molecular flexibility index (Phi) is 4.30. The van der Waals surface area contributed by atoms with Gasteiger partial charge in [-0.1, -0.05) is 30.8 Å². The maximum atomic E-state index is 4.95. The molecule has 1 rings (SSSR count). The van der Waals surface area contributed by atoms with E-state index in [1.165, 1.54) is 24.8 Å². The van der Waals surface area contributed by atoms with Crippen LogP contribution in [-0.2, 0) is 0 Å². The van der Waals surface area contributed by atoms with Crippen LogP contribution in [-0.4, -0.2) is 11.1 Å². The minimum Gasteiger partial charge on any atom is -0.175 e. The van der Waals surface area contributed by atoms with Gasteiger partial charge in [-0.05, 0) is 36.5 Å². The first-order valence-electron chi connectivity index (χ1n) is 4.52. The normalized spacial score (nSPS) is 26.2. The van der Waals surface area contributed by atoms with Crippen LogP contribution >= 0.6 is 24.8 Å². The zero-order chi connectivity index (χ0) is 8.97. The Morgan fingerprint density at radius 2 is 2.58 bits per heavy atom. The zero-order valence-corrected chi connectivity index (χ0v) is 9.20. The first-order chi connectivity index (χ1) is 5.77. The van der Waals surface area contributed by atoms with Crippen LogP contribution < -0.4 is 0 Å². The molecule has 0 N–H and O–H groups in total. The number of allylic oxidation sites excluding steroid dienone is 1. The largest absolute Gasteiger partial charge is 0.175 e. The highest BCUT2D eigenvalue weighted by atomic mass is 32.1. The van der Waals surface area contributed by atoms with Gasteiger partial charge in [-0.3, -0.25) is 0 Å². The monoisotopic (exact) mass is 200 g/mol. The van der Waals surface area contributed by atoms with E-state index < -0.39 is 0 Å². The summed E-state index contributed by atoms with van der Waals surface area (Å²) in [6.45, 7) is 2.22. The van der Waals surface area contributed by atoms with Crippen LogP contribution in [0.4, 0.5) is 0 Å². The second-order valence-corrected chi connectivity index (χ2v) is 4.14. The molecule has 0 aromatic carbocycles. The Labute approximate surface area is 85.8 Å². The van der Waals surface area contributed by atoms with E-state index in [0.29, 0.717) is 5.92 Å². The van der Waals surface area contributed by atoms with E-state index in [-0.39, 0.29) is 0 Å². The number of rotatable bonds is 3. The number of hydrogen-bond donors (Lipinski definition) is 1. The average molecular weight is 200 g/mol. The fraction of sp³-hybridized carbons (Fsp3) is 0.700. The Hall–Kier alpha value is 0.180. The molecule has 0 nitrogen and oxygen atoms in total. The van der Waals surface area contributed by atoms with Crippen molar-refractivity contribution >= 4 is 30.2 Å². The van der Waals surface area contributed by atoms with Crippen LogP contribution in [0.15, 0.2) is 11.6 Å². The van der Waals surface area contributed by atoms with Crippen molar-refractivity contribution in [2.75, 3.05) is 5.75 Å². The lowest BCUT2D eigenvalue weighted by Gasteiger charge is -2.24. The van der Waals surface area contributed by atoms with Crippen molar-refractivity contribution < 1.29 is 0 Å². The van der Waals surface area contributed by atoms with E-state index >= 15 is 0 Å². The minimum atomic E-state index is 0.595. The van der Waals surface area contributed by atoms with Gasteiger partial charge in [-0.2, -0.15) is 12.6 Å². The van der Waals surface area contributed by atoms with Crippen LogP contribution in [0.25, 0.3) is 0 Å². The maximum absolute atomic E-state index is 4.95. The molecule has 0 saturated carbocycles. The highest BCUT2D eigenvalue weighted by molar-refractivity contribution is 7.80. The van der Waals surface area contributed by atoms with E-state index in [2.05, 4.69) is 25.6 Å². The van der Waals surface area contributed by atoms with Gasteiger partial charge in [-0.15, -0.1) is 0 Å². The van der Waals surface area contributed by atoms with Gasteiger partial charge in [0.1, 0.15) is 0 Å². The molecule has 12 heavy (non-hydrogen) atoms. The summed E-state index contributed by atoms with van der Waals surface area (Å²) in [5.41, 5.74) is 1.51. The van der Waals surface area contributed by atoms with Gasteiger partial charge in [0.05, 0.1) is 0 Å². The molecule has 0 amide bonds. The Morgan fingerprint density at radius 1 is 1.83 bits per heavy atom. The molecule has 2 atom stereocenters. The quantitative estimate of drug-likeness (QED) is 0.414. The van der Waals surface area contributed by atoms with E-state index in [0.717, 1.165) is 11.7 Å². The maximum Gasteiger partial charge on any atom is 0.0112 e. The smallest absolute Gasteiger partial charge is 0.0112 e. The van der Waals surface area contributed by atoms with E-state index in [9.17, 15) is 0 Å². The summed E-state index contributed by atoms with van der Waals surface area (Å²) in [5, 5.41) is 1.91. The topological polar surface area (TPSA) is 0 Å². The molecule has 68 valence electrons. The van der Waals surface area contributed by atoms with Gasteiger partial charge >= 0.3 is 0 Å². The molecule has 0 aromatic rings. The third kappa shape index (κ3) is 2.60. The summed E-state index contributed by atoms with van der Waals surface area (Å²) in [7, 11) is 0. The molecule has 0 aliphatic heterocycles. The van der Waals surface area contributed by atoms with Gasteiger partial charge in [0, 0.05) is 5.75 Å². The third-order valence-electron chi connectivity index (χ3n) is 2.71. The molecular weight excluding hydrogens is 184 g/mol. The van der Waals surface area contributed by atoms with E-state index in [4.69, 9.17) is 12.2 Å². The van der Waals surface area contributed by atoms with Crippen molar-refractivity contribution in [1.82, 2.24) is 0 Å². The average Bonchev–Trinajstić information content (AvgIpc) is 2.17. The molecule has 0 spiro atoms. The Bertz CT molecular complexity index is 184. The van der Waals surface area contributed by atoms with Crippen LogP contribution in [0, 0.1) is 11.8 Å². The summed E-state index contributed by atoms with van der Waals surface area (Å²) in [5.74, 6) is 2.31. The Balaban J connectivity index is 2.45. The van der Waals surface area contributed by atoms with Crippen molar-refractivity contribution in [3.8, 4) is 0 Å². The van der Waals surface area contributed by atoms with E-state index in [1.807, 2.05) is 5.37 Å². The summed E-state index contributed by atoms with van der Waals surface area (Å²) in [6, 6.07) is 0. The second-order valence-electron chi connectivity index (χ2n) is 3.55. The SMILES string of the molecule is CC(C=S)C1CC=C(CS)CC1. The van der Waals surface area contributed by atoms with Crippen LogP contribution in [0.5, 0.6) is 0 Å². The van der Waals surface area contributed by atoms with Gasteiger partial charge in [0.25, 0.3) is 0 Å². The number of thiol groups is 1. The van der Waals surface area contributed by atoms with Crippen LogP contribution in [0.2, 0.25) is 0 Å². The minimum absolute atomic E-state index is 0.595. The van der Waals surface area contributed by atoms with Gasteiger partial charge in [0.2, 0.25) is 0 Å². The van der Waals surface area contributed by atoms with Crippen molar-refractivity contribution in [3.05, 3.63) is 11.6 Å². The molecule has 0 saturated heterocycles. The van der Waals surface area contributed by atoms with Crippen molar-refractivity contribution in [2.45, 2.75) is 26.2 Å². The molecule has 2 heteroatoms. The lowest BCUT2D eigenvalue weighted by atomic mass is 9.83. The third-order valence-corrected chi connectivity index (χ3v) is 3.54. The van der Waals surface area contributed by atoms with Crippen molar-refractivity contribution in [3.63, 3.8) is 0 Å². The summed E-state index contributed by atoms with van der Waals surface area (Å²) in [6.07, 6.45) is 6.06. The fourth-order valence-corrected chi connectivity index (χ4v) is 2.15. The van der Waals surface area contributed by atoms with Crippen LogP contribution in [0.3, 0.4) is 0 Å². The standard InChI is InChI=1S/C10H16S2/c1-8(6-11)10-4-2-9(7-12)3-5-10/h2,6,8,10,12H,3-5,7H2,1H3. The predicted molar refractivity (Wildman–Crippen MR) is 62.1 cm³/mol. The van der Waals surface area contributed by atoms with Gasteiger partial charge < -0.3 is 0 Å². The summed E-state index contributed by atoms with van der Waals surface area (Å²) < 4.78 is 0. The molecule has 2 unspecified atom stereocenters. The number of hydrogen-bond acceptors (Lipinski definition) is 2. The number of thiocarbonyl (C=S) groups is 1. The predicted octanol–water partition coefficient (Wildman–Crippen LogP) is 3.28. The van der Waals surface area contributed by atoms with Gasteiger partial charge in [-0.25, -0.2) is 0 Å². The van der Waals surface area contributed by atoms with Crippen molar-refractivity contribution in [2.24, 2.45) is 11.8 Å². The molecule has 0 aromatic heterocycles. The van der Waals surface area contributed by atoms with E-state index in [1.54, 1.807) is 0 Å². The summed E-state index contributed by atoms with van der Waals surface area (Å²) in [4.78, 5) is 0. The zero-order valence-electron chi connectivity index (χ0n) is 7.49. The fourth-order valence-electron chi connectivity index (χ4n) is 1.64. The molecule has 0 fully saturated rings. The van der Waals surface area contributed by atoms with Gasteiger partial charge in [0.15, 0.2) is 0 Å². The molecular formula is C10H16S2. The molecule has 1 aliphatic carbocycles. The lowest BCUT2D eigenvalue weighted by molar-refractivity contribution is 0.406. The Morgan fingerprint density at radius 3 is 3.00 bits per heavy atom. The highest BCUT2D eigenvalue weighted by Gasteiger charge is 2.17. The highest BCUT2D eigenvalue weighted by Crippen LogP contribution is 2.28. The molecule has 0 bridgehead atoms. The molecule has 1 aliphatic rings.